The van der Waals surface area contributed by atoms with Gasteiger partial charge in [0.2, 0.25) is 0 Å². The molecule has 0 saturated carbocycles. The standard InChI is InChI=1S/C21H16BrClN6O2/c1-2-9-30-17-5-3-6-18(11-17)31-14-15-12-28(27-25-15)13-16-10-20(22)26-29(16)21-19(23)7-4-8-24-21/h1,3-8,10-12H,9,13-14H2. The maximum atomic E-state index is 6.28. The zero-order valence-electron chi connectivity index (χ0n) is 16.2. The number of terminal acetylenes is 1. The van der Waals surface area contributed by atoms with E-state index in [9.17, 15) is 0 Å². The highest BCUT2D eigenvalue weighted by molar-refractivity contribution is 9.10. The van der Waals surface area contributed by atoms with Crippen LogP contribution in [-0.2, 0) is 13.2 Å². The summed E-state index contributed by atoms with van der Waals surface area (Å²) in [4.78, 5) is 4.32. The van der Waals surface area contributed by atoms with E-state index in [2.05, 4.69) is 42.2 Å². The maximum Gasteiger partial charge on any atom is 0.172 e. The Morgan fingerprint density at radius 3 is 2.77 bits per heavy atom. The highest BCUT2D eigenvalue weighted by atomic mass is 79.9. The molecule has 0 aliphatic carbocycles. The van der Waals surface area contributed by atoms with Crippen LogP contribution in [0, 0.1) is 12.3 Å². The molecule has 0 radical (unpaired) electrons. The molecule has 8 nitrogen and oxygen atoms in total. The van der Waals surface area contributed by atoms with Crippen LogP contribution in [0.1, 0.15) is 11.4 Å². The lowest BCUT2D eigenvalue weighted by Gasteiger charge is -2.08. The van der Waals surface area contributed by atoms with E-state index in [1.165, 1.54) is 0 Å². The average molecular weight is 500 g/mol. The second kappa shape index (κ2) is 9.64. The molecule has 0 aliphatic heterocycles. The minimum absolute atomic E-state index is 0.203. The van der Waals surface area contributed by atoms with Crippen molar-refractivity contribution in [2.75, 3.05) is 6.61 Å². The Morgan fingerprint density at radius 2 is 1.97 bits per heavy atom. The molecule has 0 atom stereocenters. The van der Waals surface area contributed by atoms with E-state index in [1.54, 1.807) is 33.8 Å². The summed E-state index contributed by atoms with van der Waals surface area (Å²) in [5, 5.41) is 13.3. The molecule has 10 heteroatoms. The summed E-state index contributed by atoms with van der Waals surface area (Å²) in [6, 6.07) is 12.7. The van der Waals surface area contributed by atoms with Crippen molar-refractivity contribution in [3.05, 3.63) is 75.9 Å². The molecule has 0 aliphatic rings. The third-order valence-corrected chi connectivity index (χ3v) is 4.80. The summed E-state index contributed by atoms with van der Waals surface area (Å²) in [6.45, 7) is 0.885. The van der Waals surface area contributed by atoms with Crippen LogP contribution in [-0.4, -0.2) is 36.4 Å². The molecule has 0 spiro atoms. The van der Waals surface area contributed by atoms with Gasteiger partial charge >= 0.3 is 0 Å². The molecule has 3 aromatic heterocycles. The van der Waals surface area contributed by atoms with Crippen LogP contribution in [0.3, 0.4) is 0 Å². The van der Waals surface area contributed by atoms with Crippen molar-refractivity contribution in [3.8, 4) is 29.7 Å². The van der Waals surface area contributed by atoms with Crippen molar-refractivity contribution < 1.29 is 9.47 Å². The molecule has 3 heterocycles. The SMILES string of the molecule is C#CCOc1cccc(OCc2cn(Cc3cc(Br)nn3-c3ncccc3Cl)nn2)c1. The zero-order valence-corrected chi connectivity index (χ0v) is 18.5. The third-order valence-electron chi connectivity index (χ3n) is 4.12. The second-order valence-corrected chi connectivity index (χ2v) is 7.56. The maximum absolute atomic E-state index is 6.28. The van der Waals surface area contributed by atoms with E-state index in [4.69, 9.17) is 27.5 Å². The Kier molecular flexibility index (Phi) is 6.50. The van der Waals surface area contributed by atoms with Crippen LogP contribution in [0.4, 0.5) is 0 Å². The number of halogens is 2. The van der Waals surface area contributed by atoms with Gasteiger partial charge in [0, 0.05) is 12.3 Å². The van der Waals surface area contributed by atoms with Crippen molar-refractivity contribution in [3.63, 3.8) is 0 Å². The molecule has 4 aromatic rings. The van der Waals surface area contributed by atoms with E-state index in [0.29, 0.717) is 39.2 Å². The van der Waals surface area contributed by atoms with Gasteiger partial charge in [-0.1, -0.05) is 28.8 Å². The lowest BCUT2D eigenvalue weighted by molar-refractivity contribution is 0.297. The fourth-order valence-electron chi connectivity index (χ4n) is 2.80. The van der Waals surface area contributed by atoms with E-state index in [1.807, 2.05) is 30.5 Å². The van der Waals surface area contributed by atoms with E-state index in [-0.39, 0.29) is 13.2 Å². The van der Waals surface area contributed by atoms with Gasteiger partial charge in [0.25, 0.3) is 0 Å². The highest BCUT2D eigenvalue weighted by Gasteiger charge is 2.14. The minimum atomic E-state index is 0.203. The number of hydrogen-bond acceptors (Lipinski definition) is 6. The lowest BCUT2D eigenvalue weighted by Crippen LogP contribution is -2.09. The number of hydrogen-bond donors (Lipinski definition) is 0. The predicted molar refractivity (Wildman–Crippen MR) is 118 cm³/mol. The molecule has 156 valence electrons. The van der Waals surface area contributed by atoms with Crippen LogP contribution >= 0.6 is 27.5 Å². The minimum Gasteiger partial charge on any atom is -0.487 e. The van der Waals surface area contributed by atoms with E-state index >= 15 is 0 Å². The molecule has 0 bridgehead atoms. The van der Waals surface area contributed by atoms with Crippen LogP contribution in [0.5, 0.6) is 11.5 Å². The summed E-state index contributed by atoms with van der Waals surface area (Å²) < 4.78 is 15.2. The monoisotopic (exact) mass is 498 g/mol. The molecular weight excluding hydrogens is 484 g/mol. The van der Waals surface area contributed by atoms with E-state index < -0.39 is 0 Å². The molecular formula is C21H16BrClN6O2. The van der Waals surface area contributed by atoms with Crippen LogP contribution in [0.15, 0.2) is 59.5 Å². The molecule has 0 unspecified atom stereocenters. The van der Waals surface area contributed by atoms with Gasteiger partial charge in [0.05, 0.1) is 23.5 Å². The Bertz CT molecular complexity index is 1230. The van der Waals surface area contributed by atoms with E-state index in [0.717, 1.165) is 5.69 Å². The van der Waals surface area contributed by atoms with Crippen molar-refractivity contribution in [2.45, 2.75) is 13.2 Å². The van der Waals surface area contributed by atoms with Gasteiger partial charge < -0.3 is 9.47 Å². The van der Waals surface area contributed by atoms with Crippen molar-refractivity contribution in [2.24, 2.45) is 0 Å². The van der Waals surface area contributed by atoms with Gasteiger partial charge in [-0.05, 0) is 46.3 Å². The van der Waals surface area contributed by atoms with Crippen molar-refractivity contribution >= 4 is 27.5 Å². The third kappa shape index (κ3) is 5.23. The Hall–Kier alpha value is -3.35. The average Bonchev–Trinajstić information content (AvgIpc) is 3.37. The first-order valence-corrected chi connectivity index (χ1v) is 10.3. The Morgan fingerprint density at radius 1 is 1.13 bits per heavy atom. The lowest BCUT2D eigenvalue weighted by atomic mass is 10.3. The quantitative estimate of drug-likeness (QED) is 0.342. The summed E-state index contributed by atoms with van der Waals surface area (Å²) in [5.41, 5.74) is 1.51. The van der Waals surface area contributed by atoms with Gasteiger partial charge in [0.1, 0.15) is 35.0 Å². The van der Waals surface area contributed by atoms with Crippen molar-refractivity contribution in [1.29, 1.82) is 0 Å². The zero-order chi connectivity index (χ0) is 21.6. The molecule has 0 N–H and O–H groups in total. The summed E-state index contributed by atoms with van der Waals surface area (Å²) in [6.07, 6.45) is 8.69. The van der Waals surface area contributed by atoms with Crippen LogP contribution in [0.2, 0.25) is 5.02 Å². The summed E-state index contributed by atoms with van der Waals surface area (Å²) in [5.74, 6) is 4.27. The number of aromatic nitrogens is 6. The van der Waals surface area contributed by atoms with Gasteiger partial charge in [-0.15, -0.1) is 11.5 Å². The topological polar surface area (TPSA) is 79.9 Å². The largest absolute Gasteiger partial charge is 0.487 e. The Labute approximate surface area is 191 Å². The summed E-state index contributed by atoms with van der Waals surface area (Å²) in [7, 11) is 0. The predicted octanol–water partition coefficient (Wildman–Crippen LogP) is 3.91. The first kappa shape index (κ1) is 20.9. The summed E-state index contributed by atoms with van der Waals surface area (Å²) >= 11 is 9.68. The second-order valence-electron chi connectivity index (χ2n) is 6.34. The van der Waals surface area contributed by atoms with Gasteiger partial charge in [-0.3, -0.25) is 0 Å². The smallest absolute Gasteiger partial charge is 0.172 e. The van der Waals surface area contributed by atoms with Gasteiger partial charge in [-0.2, -0.15) is 5.10 Å². The Balaban J connectivity index is 1.44. The number of pyridine rings is 1. The molecule has 0 amide bonds. The van der Waals surface area contributed by atoms with Crippen LogP contribution < -0.4 is 9.47 Å². The molecule has 4 rings (SSSR count). The molecule has 1 aromatic carbocycles. The normalized spacial score (nSPS) is 10.6. The number of nitrogens with zero attached hydrogens (tertiary/aromatic N) is 6. The fourth-order valence-corrected chi connectivity index (χ4v) is 3.42. The first-order chi connectivity index (χ1) is 15.1. The first-order valence-electron chi connectivity index (χ1n) is 9.16. The molecule has 0 fully saturated rings. The van der Waals surface area contributed by atoms with Crippen molar-refractivity contribution in [1.82, 2.24) is 29.8 Å². The molecule has 31 heavy (non-hydrogen) atoms. The number of rotatable bonds is 8. The van der Waals surface area contributed by atoms with Crippen LogP contribution in [0.25, 0.3) is 5.82 Å². The fraction of sp³-hybridized carbons (Fsp3) is 0.143. The highest BCUT2D eigenvalue weighted by Crippen LogP contribution is 2.22. The molecule has 0 saturated heterocycles. The number of benzene rings is 1. The number of ether oxygens (including phenoxy) is 2. The van der Waals surface area contributed by atoms with Gasteiger partial charge in [-0.25, -0.2) is 14.3 Å². The van der Waals surface area contributed by atoms with Gasteiger partial charge in [0.15, 0.2) is 5.82 Å².